The molecule has 2 saturated carbocycles. The predicted molar refractivity (Wildman–Crippen MR) is 99.3 cm³/mol. The Bertz CT molecular complexity index is 446. The summed E-state index contributed by atoms with van der Waals surface area (Å²) < 4.78 is 0. The minimum absolute atomic E-state index is 0.0651. The molecule has 1 saturated heterocycles. The maximum Gasteiger partial charge on any atom is 0.315 e. The van der Waals surface area contributed by atoms with Crippen molar-refractivity contribution in [3.63, 3.8) is 0 Å². The van der Waals surface area contributed by atoms with Crippen molar-refractivity contribution in [1.82, 2.24) is 15.5 Å². The van der Waals surface area contributed by atoms with Crippen molar-refractivity contribution in [3.8, 4) is 0 Å². The summed E-state index contributed by atoms with van der Waals surface area (Å²) in [5.41, 5.74) is 0. The molecule has 0 spiro atoms. The van der Waals surface area contributed by atoms with Gasteiger partial charge in [0.15, 0.2) is 0 Å². The predicted octanol–water partition coefficient (Wildman–Crippen LogP) is 3.58. The van der Waals surface area contributed by atoms with E-state index in [1.54, 1.807) is 0 Å². The molecule has 0 aromatic rings. The SMILES string of the molecule is O=C(NCCCC(=O)N1CCCC2CCCCC21)NC1CCCCC1. The molecule has 0 aromatic heterocycles. The van der Waals surface area contributed by atoms with E-state index in [0.29, 0.717) is 31.0 Å². The number of rotatable bonds is 5. The Hall–Kier alpha value is -1.26. The van der Waals surface area contributed by atoms with Gasteiger partial charge in [0.25, 0.3) is 0 Å². The van der Waals surface area contributed by atoms with Gasteiger partial charge in [-0.05, 0) is 50.9 Å². The van der Waals surface area contributed by atoms with Crippen LogP contribution in [0.2, 0.25) is 0 Å². The molecule has 5 heteroatoms. The summed E-state index contributed by atoms with van der Waals surface area (Å²) in [7, 11) is 0. The molecule has 3 fully saturated rings. The van der Waals surface area contributed by atoms with Gasteiger partial charge >= 0.3 is 6.03 Å². The van der Waals surface area contributed by atoms with Crippen LogP contribution in [0.5, 0.6) is 0 Å². The van der Waals surface area contributed by atoms with Crippen LogP contribution in [0.25, 0.3) is 0 Å². The van der Waals surface area contributed by atoms with Gasteiger partial charge in [-0.2, -0.15) is 0 Å². The maximum atomic E-state index is 12.6. The largest absolute Gasteiger partial charge is 0.339 e. The monoisotopic (exact) mass is 349 g/mol. The highest BCUT2D eigenvalue weighted by molar-refractivity contribution is 5.77. The molecule has 142 valence electrons. The summed E-state index contributed by atoms with van der Waals surface area (Å²) in [6.45, 7) is 1.53. The third-order valence-electron chi connectivity index (χ3n) is 6.36. The molecule has 3 aliphatic rings. The number of fused-ring (bicyclic) bond motifs is 1. The van der Waals surface area contributed by atoms with Crippen molar-refractivity contribution in [1.29, 1.82) is 0 Å². The summed E-state index contributed by atoms with van der Waals surface area (Å²) in [6.07, 6.45) is 14.8. The first-order valence-electron chi connectivity index (χ1n) is 10.6. The van der Waals surface area contributed by atoms with Crippen LogP contribution in [0.15, 0.2) is 0 Å². The van der Waals surface area contributed by atoms with Crippen molar-refractivity contribution in [2.24, 2.45) is 5.92 Å². The number of likely N-dealkylation sites (tertiary alicyclic amines) is 1. The number of urea groups is 1. The van der Waals surface area contributed by atoms with Crippen LogP contribution in [0.3, 0.4) is 0 Å². The molecule has 3 rings (SSSR count). The lowest BCUT2D eigenvalue weighted by molar-refractivity contribution is -0.137. The molecule has 2 aliphatic carbocycles. The number of amides is 3. The average molecular weight is 350 g/mol. The van der Waals surface area contributed by atoms with Crippen LogP contribution in [-0.4, -0.2) is 42.0 Å². The first-order chi connectivity index (χ1) is 12.2. The first kappa shape index (κ1) is 18.5. The van der Waals surface area contributed by atoms with Gasteiger partial charge in [-0.25, -0.2) is 4.79 Å². The highest BCUT2D eigenvalue weighted by atomic mass is 16.2. The Morgan fingerprint density at radius 1 is 0.880 bits per heavy atom. The van der Waals surface area contributed by atoms with E-state index in [-0.39, 0.29) is 6.03 Å². The molecule has 2 unspecified atom stereocenters. The van der Waals surface area contributed by atoms with Gasteiger partial charge in [-0.3, -0.25) is 4.79 Å². The number of piperidine rings is 1. The fourth-order valence-electron chi connectivity index (χ4n) is 5.00. The molecule has 0 bridgehead atoms. The molecule has 1 heterocycles. The van der Waals surface area contributed by atoms with Gasteiger partial charge in [-0.15, -0.1) is 0 Å². The number of nitrogens with zero attached hydrogens (tertiary/aromatic N) is 1. The number of carbonyl (C=O) groups is 2. The molecule has 5 nitrogen and oxygen atoms in total. The van der Waals surface area contributed by atoms with Gasteiger partial charge in [0, 0.05) is 31.6 Å². The minimum Gasteiger partial charge on any atom is -0.339 e. The summed E-state index contributed by atoms with van der Waals surface area (Å²) in [4.78, 5) is 26.7. The normalized spacial score (nSPS) is 27.4. The van der Waals surface area contributed by atoms with Crippen molar-refractivity contribution in [2.45, 2.75) is 95.6 Å². The number of hydrogen-bond donors (Lipinski definition) is 2. The number of nitrogens with one attached hydrogen (secondary N) is 2. The fraction of sp³-hybridized carbons (Fsp3) is 0.900. The van der Waals surface area contributed by atoms with Gasteiger partial charge in [0.05, 0.1) is 0 Å². The van der Waals surface area contributed by atoms with Crippen molar-refractivity contribution >= 4 is 11.9 Å². The van der Waals surface area contributed by atoms with E-state index in [9.17, 15) is 9.59 Å². The Labute approximate surface area is 152 Å². The van der Waals surface area contributed by atoms with Gasteiger partial charge < -0.3 is 15.5 Å². The van der Waals surface area contributed by atoms with E-state index in [0.717, 1.165) is 38.1 Å². The van der Waals surface area contributed by atoms with Crippen LogP contribution in [0, 0.1) is 5.92 Å². The lowest BCUT2D eigenvalue weighted by Crippen LogP contribution is -2.49. The third-order valence-corrected chi connectivity index (χ3v) is 6.36. The van der Waals surface area contributed by atoms with E-state index in [1.807, 2.05) is 0 Å². The second-order valence-electron chi connectivity index (χ2n) is 8.18. The average Bonchev–Trinajstić information content (AvgIpc) is 2.65. The number of hydrogen-bond acceptors (Lipinski definition) is 2. The van der Waals surface area contributed by atoms with Crippen LogP contribution in [0.1, 0.15) is 83.5 Å². The van der Waals surface area contributed by atoms with Crippen LogP contribution in [-0.2, 0) is 4.79 Å². The Kier molecular flexibility index (Phi) is 7.00. The summed E-state index contributed by atoms with van der Waals surface area (Å²) >= 11 is 0. The standard InChI is InChI=1S/C20H35N3O2/c24-19(23-15-7-9-16-8-4-5-12-18(16)23)13-6-14-21-20(25)22-17-10-2-1-3-11-17/h16-18H,1-15H2,(H2,21,22,25). The second-order valence-corrected chi connectivity index (χ2v) is 8.18. The fourth-order valence-corrected chi connectivity index (χ4v) is 5.00. The van der Waals surface area contributed by atoms with E-state index in [2.05, 4.69) is 15.5 Å². The molecular weight excluding hydrogens is 314 g/mol. The van der Waals surface area contributed by atoms with Crippen LogP contribution >= 0.6 is 0 Å². The minimum atomic E-state index is -0.0651. The number of carbonyl (C=O) groups excluding carboxylic acids is 2. The molecule has 0 aromatic carbocycles. The molecular formula is C20H35N3O2. The highest BCUT2D eigenvalue weighted by Crippen LogP contribution is 2.35. The quantitative estimate of drug-likeness (QED) is 0.745. The second kappa shape index (κ2) is 9.44. The maximum absolute atomic E-state index is 12.6. The molecule has 0 radical (unpaired) electrons. The first-order valence-corrected chi connectivity index (χ1v) is 10.6. The zero-order valence-corrected chi connectivity index (χ0v) is 15.6. The summed E-state index contributed by atoms with van der Waals surface area (Å²) in [6, 6.07) is 0.772. The molecule has 2 atom stereocenters. The van der Waals surface area contributed by atoms with E-state index in [1.165, 1.54) is 51.4 Å². The summed E-state index contributed by atoms with van der Waals surface area (Å²) in [5, 5.41) is 5.99. The third kappa shape index (κ3) is 5.35. The Morgan fingerprint density at radius 2 is 1.60 bits per heavy atom. The zero-order valence-electron chi connectivity index (χ0n) is 15.6. The lowest BCUT2D eigenvalue weighted by atomic mass is 9.78. The van der Waals surface area contributed by atoms with Crippen molar-refractivity contribution < 1.29 is 9.59 Å². The van der Waals surface area contributed by atoms with E-state index >= 15 is 0 Å². The molecule has 3 amide bonds. The summed E-state index contributed by atoms with van der Waals surface area (Å²) in [5.74, 6) is 1.04. The van der Waals surface area contributed by atoms with Crippen molar-refractivity contribution in [3.05, 3.63) is 0 Å². The van der Waals surface area contributed by atoms with Gasteiger partial charge in [0.2, 0.25) is 5.91 Å². The smallest absolute Gasteiger partial charge is 0.315 e. The Morgan fingerprint density at radius 3 is 2.44 bits per heavy atom. The molecule has 25 heavy (non-hydrogen) atoms. The van der Waals surface area contributed by atoms with E-state index < -0.39 is 0 Å². The molecule has 1 aliphatic heterocycles. The van der Waals surface area contributed by atoms with Gasteiger partial charge in [-0.1, -0.05) is 32.1 Å². The zero-order chi connectivity index (χ0) is 17.5. The Balaban J connectivity index is 1.32. The highest BCUT2D eigenvalue weighted by Gasteiger charge is 2.35. The van der Waals surface area contributed by atoms with Gasteiger partial charge in [0.1, 0.15) is 0 Å². The van der Waals surface area contributed by atoms with Crippen LogP contribution < -0.4 is 10.6 Å². The van der Waals surface area contributed by atoms with E-state index in [4.69, 9.17) is 0 Å². The topological polar surface area (TPSA) is 61.4 Å². The molecule has 2 N–H and O–H groups in total. The van der Waals surface area contributed by atoms with Crippen LogP contribution in [0.4, 0.5) is 4.79 Å². The lowest BCUT2D eigenvalue weighted by Gasteiger charge is -2.44. The van der Waals surface area contributed by atoms with Crippen molar-refractivity contribution in [2.75, 3.05) is 13.1 Å².